The van der Waals surface area contributed by atoms with Crippen molar-refractivity contribution in [2.75, 3.05) is 0 Å². The third kappa shape index (κ3) is 3.57. The second kappa shape index (κ2) is 8.17. The van der Waals surface area contributed by atoms with E-state index in [-0.39, 0.29) is 5.41 Å². The van der Waals surface area contributed by atoms with E-state index < -0.39 is 0 Å². The molecule has 0 bridgehead atoms. The molecule has 0 unspecified atom stereocenters. The number of rotatable bonds is 5. The number of Topliss-reactive ketones (excluding diaryl/α,β-unsaturated/α-hetero) is 1. The highest BCUT2D eigenvalue weighted by molar-refractivity contribution is 5.87. The van der Waals surface area contributed by atoms with Gasteiger partial charge in [0.05, 0.1) is 0 Å². The molecule has 4 atom stereocenters. The van der Waals surface area contributed by atoms with Crippen LogP contribution >= 0.6 is 0 Å². The molecule has 30 heavy (non-hydrogen) atoms. The number of unbranched alkanes of at least 4 members (excludes halogenated alkanes) is 1. The van der Waals surface area contributed by atoms with Gasteiger partial charge in [0.2, 0.25) is 0 Å². The topological polar surface area (TPSA) is 17.1 Å². The normalized spacial score (nSPS) is 30.2. The molecule has 5 rings (SSSR count). The minimum absolute atomic E-state index is 0.0128. The first-order valence-corrected chi connectivity index (χ1v) is 12.0. The van der Waals surface area contributed by atoms with E-state index in [1.807, 2.05) is 0 Å². The predicted octanol–water partition coefficient (Wildman–Crippen LogP) is 7.15. The highest BCUT2D eigenvalue weighted by Crippen LogP contribution is 2.59. The molecule has 3 aliphatic carbocycles. The molecule has 0 saturated heterocycles. The van der Waals surface area contributed by atoms with Gasteiger partial charge in [-0.15, -0.1) is 0 Å². The van der Waals surface area contributed by atoms with Crippen LogP contribution in [0.3, 0.4) is 0 Å². The second-order valence-electron chi connectivity index (χ2n) is 10.1. The van der Waals surface area contributed by atoms with Crippen molar-refractivity contribution < 1.29 is 4.79 Å². The Labute approximate surface area is 181 Å². The van der Waals surface area contributed by atoms with Crippen molar-refractivity contribution in [3.8, 4) is 0 Å². The molecule has 2 fully saturated rings. The summed E-state index contributed by atoms with van der Waals surface area (Å²) in [6.07, 6.45) is 14.9. The molecule has 0 heterocycles. The van der Waals surface area contributed by atoms with Gasteiger partial charge < -0.3 is 0 Å². The van der Waals surface area contributed by atoms with Crippen molar-refractivity contribution in [3.05, 3.63) is 76.9 Å². The lowest BCUT2D eigenvalue weighted by atomic mass is 9.55. The standard InChI is InChI=1S/C29H34O/c1-29-19-18-25-24-14-12-22(11-7-3-6-10-21-8-4-2-5-9-21)20-23(24)13-15-26(25)27(29)16-17-28(29)30/h2,4-5,7-9,11-12,14,20,25-27H,3,6,10,13,15-19H2,1H3/b11-7+/t25-,26-,27+,29+/m1/s1. The molecule has 0 amide bonds. The summed E-state index contributed by atoms with van der Waals surface area (Å²) in [4.78, 5) is 12.5. The number of ketones is 1. The molecule has 1 nitrogen and oxygen atoms in total. The number of benzene rings is 2. The number of carbonyl (C=O) groups excluding carboxylic acids is 1. The molecule has 0 spiro atoms. The van der Waals surface area contributed by atoms with Gasteiger partial charge in [0.25, 0.3) is 0 Å². The summed E-state index contributed by atoms with van der Waals surface area (Å²) in [5.74, 6) is 2.58. The maximum absolute atomic E-state index is 12.5. The molecule has 1 heteroatoms. The van der Waals surface area contributed by atoms with E-state index in [4.69, 9.17) is 0 Å². The van der Waals surface area contributed by atoms with E-state index in [9.17, 15) is 4.79 Å². The molecule has 2 aromatic rings. The molecule has 2 aromatic carbocycles. The van der Waals surface area contributed by atoms with Crippen molar-refractivity contribution in [2.24, 2.45) is 17.3 Å². The molecule has 0 N–H and O–H groups in total. The highest BCUT2D eigenvalue weighted by atomic mass is 16.1. The van der Waals surface area contributed by atoms with Crippen molar-refractivity contribution in [2.45, 2.75) is 70.6 Å². The van der Waals surface area contributed by atoms with Crippen LogP contribution in [0.5, 0.6) is 0 Å². The lowest BCUT2D eigenvalue weighted by Crippen LogP contribution is -2.42. The fourth-order valence-corrected chi connectivity index (χ4v) is 6.77. The lowest BCUT2D eigenvalue weighted by molar-refractivity contribution is -0.129. The number of hydrogen-bond donors (Lipinski definition) is 0. The first-order valence-electron chi connectivity index (χ1n) is 12.0. The predicted molar refractivity (Wildman–Crippen MR) is 124 cm³/mol. The van der Waals surface area contributed by atoms with Crippen molar-refractivity contribution in [1.82, 2.24) is 0 Å². The van der Waals surface area contributed by atoms with Crippen LogP contribution < -0.4 is 0 Å². The Morgan fingerprint density at radius 1 is 1.03 bits per heavy atom. The van der Waals surface area contributed by atoms with Crippen LogP contribution in [0.1, 0.15) is 80.0 Å². The maximum atomic E-state index is 12.5. The summed E-state index contributed by atoms with van der Waals surface area (Å²) in [5, 5.41) is 0. The Bertz CT molecular complexity index is 940. The molecule has 0 aliphatic heterocycles. The molecular weight excluding hydrogens is 364 g/mol. The zero-order valence-electron chi connectivity index (χ0n) is 18.3. The van der Waals surface area contributed by atoms with E-state index in [2.05, 4.69) is 67.6 Å². The van der Waals surface area contributed by atoms with Crippen molar-refractivity contribution in [1.29, 1.82) is 0 Å². The summed E-state index contributed by atoms with van der Waals surface area (Å²) in [7, 11) is 0. The molecular formula is C29H34O. The van der Waals surface area contributed by atoms with Crippen LogP contribution in [0, 0.1) is 17.3 Å². The monoisotopic (exact) mass is 398 g/mol. The van der Waals surface area contributed by atoms with E-state index in [0.29, 0.717) is 17.6 Å². The smallest absolute Gasteiger partial charge is 0.139 e. The van der Waals surface area contributed by atoms with E-state index in [1.165, 1.54) is 36.8 Å². The van der Waals surface area contributed by atoms with Gasteiger partial charge in [0.1, 0.15) is 5.78 Å². The fourth-order valence-electron chi connectivity index (χ4n) is 6.77. The largest absolute Gasteiger partial charge is 0.299 e. The Morgan fingerprint density at radius 3 is 2.77 bits per heavy atom. The third-order valence-electron chi connectivity index (χ3n) is 8.45. The fraction of sp³-hybridized carbons (Fsp3) is 0.483. The summed E-state index contributed by atoms with van der Waals surface area (Å²) >= 11 is 0. The Morgan fingerprint density at radius 2 is 1.90 bits per heavy atom. The van der Waals surface area contributed by atoms with Crippen LogP contribution in [0.25, 0.3) is 6.08 Å². The Hall–Kier alpha value is -2.15. The van der Waals surface area contributed by atoms with Gasteiger partial charge >= 0.3 is 0 Å². The van der Waals surface area contributed by atoms with Gasteiger partial charge in [-0.2, -0.15) is 0 Å². The number of aryl methyl sites for hydroxylation is 2. The average Bonchev–Trinajstić information content (AvgIpc) is 3.08. The van der Waals surface area contributed by atoms with Crippen LogP contribution in [0.4, 0.5) is 0 Å². The number of allylic oxidation sites excluding steroid dienone is 1. The van der Waals surface area contributed by atoms with Crippen LogP contribution in [-0.2, 0) is 17.6 Å². The highest BCUT2D eigenvalue weighted by Gasteiger charge is 2.54. The zero-order valence-corrected chi connectivity index (χ0v) is 18.3. The summed E-state index contributed by atoms with van der Waals surface area (Å²) in [5.41, 5.74) is 5.93. The number of hydrogen-bond acceptors (Lipinski definition) is 1. The van der Waals surface area contributed by atoms with E-state index in [0.717, 1.165) is 38.0 Å². The quantitative estimate of drug-likeness (QED) is 0.489. The van der Waals surface area contributed by atoms with Crippen LogP contribution in [0.2, 0.25) is 0 Å². The van der Waals surface area contributed by atoms with Gasteiger partial charge in [0, 0.05) is 11.8 Å². The minimum Gasteiger partial charge on any atom is -0.299 e. The number of fused-ring (bicyclic) bond motifs is 5. The SMILES string of the molecule is C[C@]12CC[C@@H]3c4ccc(/C=C/CCCc5ccccc5)cc4CC[C@H]3[C@@H]1CCC2=O. The Kier molecular flexibility index (Phi) is 5.39. The minimum atomic E-state index is -0.0128. The average molecular weight is 399 g/mol. The summed E-state index contributed by atoms with van der Waals surface area (Å²) < 4.78 is 0. The van der Waals surface area contributed by atoms with E-state index >= 15 is 0 Å². The molecule has 2 saturated carbocycles. The van der Waals surface area contributed by atoms with Gasteiger partial charge in [-0.1, -0.05) is 67.6 Å². The van der Waals surface area contributed by atoms with Crippen LogP contribution in [0.15, 0.2) is 54.6 Å². The van der Waals surface area contributed by atoms with Gasteiger partial charge in [-0.3, -0.25) is 4.79 Å². The number of carbonyl (C=O) groups is 1. The van der Waals surface area contributed by atoms with Crippen LogP contribution in [-0.4, -0.2) is 5.78 Å². The Balaban J connectivity index is 1.23. The lowest BCUT2D eigenvalue weighted by Gasteiger charge is -2.48. The second-order valence-corrected chi connectivity index (χ2v) is 10.1. The summed E-state index contributed by atoms with van der Waals surface area (Å²) in [6, 6.07) is 17.9. The molecule has 3 aliphatic rings. The molecule has 0 radical (unpaired) electrons. The van der Waals surface area contributed by atoms with Gasteiger partial charge in [-0.25, -0.2) is 0 Å². The summed E-state index contributed by atoms with van der Waals surface area (Å²) in [6.45, 7) is 2.27. The zero-order chi connectivity index (χ0) is 20.6. The van der Waals surface area contributed by atoms with Gasteiger partial charge in [0.15, 0.2) is 0 Å². The van der Waals surface area contributed by atoms with E-state index in [1.54, 1.807) is 11.1 Å². The molecule has 156 valence electrons. The van der Waals surface area contributed by atoms with Crippen molar-refractivity contribution in [3.63, 3.8) is 0 Å². The first-order chi connectivity index (χ1) is 14.6. The maximum Gasteiger partial charge on any atom is 0.139 e. The molecule has 0 aromatic heterocycles. The first kappa shape index (κ1) is 19.8. The van der Waals surface area contributed by atoms with Gasteiger partial charge in [-0.05, 0) is 91.4 Å². The van der Waals surface area contributed by atoms with Crippen molar-refractivity contribution >= 4 is 11.9 Å². The third-order valence-corrected chi connectivity index (χ3v) is 8.45.